The zero-order chi connectivity index (χ0) is 21.3. The molecule has 2 heterocycles. The maximum Gasteiger partial charge on any atom is 0.322 e. The van der Waals surface area contributed by atoms with Crippen LogP contribution in [0.4, 0.5) is 25.4 Å². The van der Waals surface area contributed by atoms with E-state index >= 15 is 0 Å². The first-order valence-electron chi connectivity index (χ1n) is 10.2. The minimum atomic E-state index is -0.530. The molecule has 2 aromatic carbocycles. The van der Waals surface area contributed by atoms with Crippen LogP contribution in [-0.2, 0) is 0 Å². The van der Waals surface area contributed by atoms with Crippen LogP contribution in [0.25, 0.3) is 0 Å². The molecule has 4 amide bonds. The number of carbonyl (C=O) groups is 2. The Morgan fingerprint density at radius 3 is 2.60 bits per heavy atom. The number of amides is 4. The van der Waals surface area contributed by atoms with Crippen molar-refractivity contribution in [3.8, 4) is 0 Å². The minimum Gasteiger partial charge on any atom is -0.394 e. The molecule has 0 radical (unpaired) electrons. The summed E-state index contributed by atoms with van der Waals surface area (Å²) < 4.78 is 14.0. The number of para-hydroxylation sites is 2. The van der Waals surface area contributed by atoms with E-state index in [2.05, 4.69) is 10.6 Å². The number of aliphatic hydroxyl groups excluding tert-OH is 1. The molecule has 1 fully saturated rings. The van der Waals surface area contributed by atoms with Gasteiger partial charge in [-0.1, -0.05) is 37.3 Å². The zero-order valence-electron chi connectivity index (χ0n) is 16.7. The van der Waals surface area contributed by atoms with E-state index in [1.807, 2.05) is 31.2 Å². The molecular weight excluding hydrogens is 387 g/mol. The molecule has 7 nitrogen and oxygen atoms in total. The van der Waals surface area contributed by atoms with E-state index in [1.165, 1.54) is 17.0 Å². The van der Waals surface area contributed by atoms with Gasteiger partial charge in [-0.2, -0.15) is 0 Å². The number of benzene rings is 2. The summed E-state index contributed by atoms with van der Waals surface area (Å²) in [5.74, 6) is -0.620. The number of carbonyl (C=O) groups excluding carboxylic acids is 2. The number of fused-ring (bicyclic) bond motifs is 3. The summed E-state index contributed by atoms with van der Waals surface area (Å²) in [5, 5.41) is 15.5. The predicted octanol–water partition coefficient (Wildman–Crippen LogP) is 3.13. The van der Waals surface area contributed by atoms with Gasteiger partial charge in [-0.05, 0) is 30.2 Å². The first-order chi connectivity index (χ1) is 14.6. The molecule has 2 aromatic rings. The van der Waals surface area contributed by atoms with Crippen LogP contribution in [0, 0.1) is 5.82 Å². The lowest BCUT2D eigenvalue weighted by molar-refractivity contribution is -0.00198. The Morgan fingerprint density at radius 1 is 1.13 bits per heavy atom. The first-order valence-corrected chi connectivity index (χ1v) is 10.2. The molecule has 0 spiro atoms. The predicted molar refractivity (Wildman–Crippen MR) is 112 cm³/mol. The van der Waals surface area contributed by atoms with Crippen molar-refractivity contribution in [3.05, 3.63) is 59.9 Å². The number of urea groups is 2. The van der Waals surface area contributed by atoms with Gasteiger partial charge < -0.3 is 20.6 Å². The summed E-state index contributed by atoms with van der Waals surface area (Å²) in [6, 6.07) is 12.1. The second-order valence-electron chi connectivity index (χ2n) is 7.56. The zero-order valence-corrected chi connectivity index (χ0v) is 16.7. The van der Waals surface area contributed by atoms with Crippen molar-refractivity contribution in [2.24, 2.45) is 0 Å². The molecule has 0 aliphatic carbocycles. The van der Waals surface area contributed by atoms with Crippen LogP contribution >= 0.6 is 0 Å². The molecule has 0 aromatic heterocycles. The number of nitrogens with one attached hydrogen (secondary N) is 2. The van der Waals surface area contributed by atoms with Crippen molar-refractivity contribution in [1.82, 2.24) is 10.2 Å². The summed E-state index contributed by atoms with van der Waals surface area (Å²) in [6.07, 6.45) is 0.817. The van der Waals surface area contributed by atoms with E-state index in [1.54, 1.807) is 17.0 Å². The van der Waals surface area contributed by atoms with Crippen molar-refractivity contribution < 1.29 is 19.1 Å². The number of aliphatic hydroxyl groups is 1. The second-order valence-corrected chi connectivity index (χ2v) is 7.56. The second kappa shape index (κ2) is 8.31. The fraction of sp³-hybridized carbons (Fsp3) is 0.364. The van der Waals surface area contributed by atoms with E-state index < -0.39 is 17.9 Å². The summed E-state index contributed by atoms with van der Waals surface area (Å²) in [5.41, 5.74) is 1.80. The van der Waals surface area contributed by atoms with Crippen molar-refractivity contribution in [1.29, 1.82) is 0 Å². The SMILES string of the molecule is CCCNC(=O)N1C[C@@H]2[C@H](c3ccccc31)[C@H](CO)N2C(=O)Nc1ccccc1F. The molecule has 3 atom stereocenters. The summed E-state index contributed by atoms with van der Waals surface area (Å²) >= 11 is 0. The molecule has 3 N–H and O–H groups in total. The van der Waals surface area contributed by atoms with Crippen LogP contribution in [0.5, 0.6) is 0 Å². The van der Waals surface area contributed by atoms with Crippen LogP contribution < -0.4 is 15.5 Å². The van der Waals surface area contributed by atoms with E-state index in [0.29, 0.717) is 13.1 Å². The summed E-state index contributed by atoms with van der Waals surface area (Å²) in [6.45, 7) is 2.62. The van der Waals surface area contributed by atoms with Crippen molar-refractivity contribution in [2.45, 2.75) is 31.3 Å². The number of hydrogen-bond acceptors (Lipinski definition) is 3. The average molecular weight is 412 g/mol. The topological polar surface area (TPSA) is 84.9 Å². The molecule has 0 unspecified atom stereocenters. The Kier molecular flexibility index (Phi) is 5.59. The third-order valence-corrected chi connectivity index (χ3v) is 5.81. The van der Waals surface area contributed by atoms with Gasteiger partial charge in [0.05, 0.1) is 24.4 Å². The molecule has 1 saturated heterocycles. The highest BCUT2D eigenvalue weighted by molar-refractivity contribution is 5.95. The molecule has 2 aliphatic heterocycles. The Morgan fingerprint density at radius 2 is 1.87 bits per heavy atom. The number of likely N-dealkylation sites (tertiary alicyclic amines) is 1. The van der Waals surface area contributed by atoms with Crippen LogP contribution in [0.15, 0.2) is 48.5 Å². The van der Waals surface area contributed by atoms with Gasteiger partial charge in [0.25, 0.3) is 0 Å². The normalized spacial score (nSPS) is 21.9. The van der Waals surface area contributed by atoms with Crippen LogP contribution in [-0.4, -0.2) is 53.8 Å². The largest absolute Gasteiger partial charge is 0.394 e. The maximum absolute atomic E-state index is 14.0. The Hall–Kier alpha value is -3.13. The molecule has 8 heteroatoms. The molecule has 30 heavy (non-hydrogen) atoms. The van der Waals surface area contributed by atoms with E-state index in [-0.39, 0.29) is 30.3 Å². The average Bonchev–Trinajstić information content (AvgIpc) is 2.74. The van der Waals surface area contributed by atoms with Crippen LogP contribution in [0.3, 0.4) is 0 Å². The standard InChI is InChI=1S/C22H25FN4O3/c1-2-11-24-21(29)26-12-18-20(14-7-3-6-10-17(14)26)19(13-28)27(18)22(30)25-16-9-5-4-8-15(16)23/h3-10,18-20,28H,2,11-13H2,1H3,(H,24,29)(H,25,30)/t18-,19+,20+/m1/s1. The number of rotatable bonds is 4. The van der Waals surface area contributed by atoms with E-state index in [0.717, 1.165) is 17.7 Å². The van der Waals surface area contributed by atoms with Gasteiger partial charge in [0.15, 0.2) is 0 Å². The van der Waals surface area contributed by atoms with Gasteiger partial charge >= 0.3 is 12.1 Å². The first kappa shape index (κ1) is 20.2. The fourth-order valence-electron chi connectivity index (χ4n) is 4.43. The third kappa shape index (κ3) is 3.37. The highest BCUT2D eigenvalue weighted by Crippen LogP contribution is 2.48. The molecule has 0 bridgehead atoms. The number of halogens is 1. The highest BCUT2D eigenvalue weighted by Gasteiger charge is 2.55. The Labute approximate surface area is 174 Å². The molecular formula is C22H25FN4O3. The van der Waals surface area contributed by atoms with Gasteiger partial charge in [0.2, 0.25) is 0 Å². The monoisotopic (exact) mass is 412 g/mol. The molecule has 158 valence electrons. The van der Waals surface area contributed by atoms with Crippen molar-refractivity contribution >= 4 is 23.4 Å². The van der Waals surface area contributed by atoms with E-state index in [4.69, 9.17) is 0 Å². The minimum absolute atomic E-state index is 0.0800. The third-order valence-electron chi connectivity index (χ3n) is 5.81. The van der Waals surface area contributed by atoms with Crippen LogP contribution in [0.1, 0.15) is 24.8 Å². The van der Waals surface area contributed by atoms with Gasteiger partial charge in [-0.3, -0.25) is 4.90 Å². The molecule has 4 rings (SSSR count). The van der Waals surface area contributed by atoms with Gasteiger partial charge in [0.1, 0.15) is 5.82 Å². The summed E-state index contributed by atoms with van der Waals surface area (Å²) in [7, 11) is 0. The van der Waals surface area contributed by atoms with Crippen LogP contribution in [0.2, 0.25) is 0 Å². The smallest absolute Gasteiger partial charge is 0.322 e. The Bertz CT molecular complexity index is 953. The van der Waals surface area contributed by atoms with E-state index in [9.17, 15) is 19.1 Å². The number of hydrogen-bond donors (Lipinski definition) is 3. The van der Waals surface area contributed by atoms with Gasteiger partial charge in [0, 0.05) is 24.7 Å². The summed E-state index contributed by atoms with van der Waals surface area (Å²) in [4.78, 5) is 28.9. The lowest BCUT2D eigenvalue weighted by atomic mass is 9.72. The molecule has 2 aliphatic rings. The molecule has 0 saturated carbocycles. The number of nitrogens with zero attached hydrogens (tertiary/aromatic N) is 2. The maximum atomic E-state index is 14.0. The highest BCUT2D eigenvalue weighted by atomic mass is 19.1. The van der Waals surface area contributed by atoms with Crippen molar-refractivity contribution in [2.75, 3.05) is 29.9 Å². The lowest BCUT2D eigenvalue weighted by Gasteiger charge is -2.58. The van der Waals surface area contributed by atoms with Crippen molar-refractivity contribution in [3.63, 3.8) is 0 Å². The van der Waals surface area contributed by atoms with Gasteiger partial charge in [-0.15, -0.1) is 0 Å². The number of anilines is 2. The quantitative estimate of drug-likeness (QED) is 0.721. The fourth-order valence-corrected chi connectivity index (χ4v) is 4.43. The lowest BCUT2D eigenvalue weighted by Crippen LogP contribution is -2.71. The van der Waals surface area contributed by atoms with Gasteiger partial charge in [-0.25, -0.2) is 14.0 Å². The Balaban J connectivity index is 1.61.